The molecular weight excluding hydrogens is 310 g/mol. The molecule has 0 aromatic heterocycles. The Morgan fingerprint density at radius 1 is 1.20 bits per heavy atom. The molecule has 1 aliphatic carbocycles. The summed E-state index contributed by atoms with van der Waals surface area (Å²) >= 11 is 0. The first-order valence-electron chi connectivity index (χ1n) is 10.2. The Bertz CT molecular complexity index is 545. The van der Waals surface area contributed by atoms with Crippen LogP contribution in [0.4, 0.5) is 0 Å². The summed E-state index contributed by atoms with van der Waals surface area (Å²) in [6.45, 7) is 10.4. The summed E-state index contributed by atoms with van der Waals surface area (Å²) in [6.07, 6.45) is 4.84. The lowest BCUT2D eigenvalue weighted by Crippen LogP contribution is -3.13. The number of rotatable bonds is 6. The highest BCUT2D eigenvalue weighted by molar-refractivity contribution is 5.27. The topological polar surface area (TPSA) is 33.9 Å². The largest absolute Gasteiger partial charge is 0.385 e. The van der Waals surface area contributed by atoms with Crippen molar-refractivity contribution < 1.29 is 14.7 Å². The average Bonchev–Trinajstić information content (AvgIpc) is 2.59. The van der Waals surface area contributed by atoms with Crippen molar-refractivity contribution in [3.63, 3.8) is 0 Å². The number of aliphatic hydroxyl groups excluding tert-OH is 1. The zero-order chi connectivity index (χ0) is 17.8. The van der Waals surface area contributed by atoms with E-state index in [0.717, 1.165) is 38.4 Å². The number of benzene rings is 1. The lowest BCUT2D eigenvalue weighted by molar-refractivity contribution is -0.919. The zero-order valence-electron chi connectivity index (χ0n) is 16.2. The molecule has 1 fully saturated rings. The molecule has 1 saturated carbocycles. The fraction of sp³-hybridized carbons (Fsp3) is 0.727. The maximum atomic E-state index is 10.5. The van der Waals surface area contributed by atoms with E-state index in [2.05, 4.69) is 45.0 Å². The van der Waals surface area contributed by atoms with Crippen LogP contribution < -0.4 is 4.90 Å². The molecule has 1 heterocycles. The molecule has 3 heteroatoms. The van der Waals surface area contributed by atoms with Crippen LogP contribution in [0.5, 0.6) is 0 Å². The van der Waals surface area contributed by atoms with E-state index in [1.54, 1.807) is 0 Å². The smallest absolute Gasteiger partial charge is 0.126 e. The number of ether oxygens (including phenoxy) is 1. The second-order valence-electron chi connectivity index (χ2n) is 8.75. The lowest BCUT2D eigenvalue weighted by Gasteiger charge is -2.37. The molecule has 25 heavy (non-hydrogen) atoms. The van der Waals surface area contributed by atoms with Crippen LogP contribution in [0.2, 0.25) is 0 Å². The van der Waals surface area contributed by atoms with E-state index < -0.39 is 0 Å². The van der Waals surface area contributed by atoms with Crippen LogP contribution in [0.15, 0.2) is 24.3 Å². The third-order valence-electron chi connectivity index (χ3n) is 6.30. The molecule has 3 nitrogen and oxygen atoms in total. The molecule has 0 saturated heterocycles. The summed E-state index contributed by atoms with van der Waals surface area (Å²) in [7, 11) is 0. The van der Waals surface area contributed by atoms with Crippen LogP contribution in [-0.4, -0.2) is 37.0 Å². The number of hydrogen-bond donors (Lipinski definition) is 2. The molecule has 5 atom stereocenters. The highest BCUT2D eigenvalue weighted by Gasteiger charge is 2.32. The van der Waals surface area contributed by atoms with Crippen LogP contribution in [0, 0.1) is 17.8 Å². The molecule has 1 unspecified atom stereocenters. The van der Waals surface area contributed by atoms with Gasteiger partial charge in [-0.15, -0.1) is 0 Å². The Balaban J connectivity index is 1.47. The van der Waals surface area contributed by atoms with Gasteiger partial charge in [0.05, 0.1) is 19.3 Å². The summed E-state index contributed by atoms with van der Waals surface area (Å²) in [5.41, 5.74) is 2.92. The van der Waals surface area contributed by atoms with Crippen molar-refractivity contribution in [1.29, 1.82) is 0 Å². The minimum Gasteiger partial charge on any atom is -0.385 e. The first kappa shape index (κ1) is 18.9. The quantitative estimate of drug-likeness (QED) is 0.830. The number of aliphatic hydroxyl groups is 1. The van der Waals surface area contributed by atoms with Crippen LogP contribution in [0.3, 0.4) is 0 Å². The maximum Gasteiger partial charge on any atom is 0.126 e. The standard InChI is InChI=1S/C22H35NO2/c1-16(2)21-9-8-17(3)12-22(21)25-15-20(24)14-23-11-10-18-6-4-5-7-19(18)13-23/h4-7,16-17,20-22,24H,8-15H2,1-3H3/p+1/t17-,20+,21-,22+/m0/s1. The van der Waals surface area contributed by atoms with Crippen molar-refractivity contribution >= 4 is 0 Å². The summed E-state index contributed by atoms with van der Waals surface area (Å²) < 4.78 is 6.24. The van der Waals surface area contributed by atoms with E-state index in [1.165, 1.54) is 28.9 Å². The van der Waals surface area contributed by atoms with Crippen molar-refractivity contribution in [3.05, 3.63) is 35.4 Å². The molecule has 1 aromatic rings. The van der Waals surface area contributed by atoms with Gasteiger partial charge in [0.1, 0.15) is 19.2 Å². The maximum absolute atomic E-state index is 10.5. The van der Waals surface area contributed by atoms with Crippen molar-refractivity contribution in [2.45, 2.75) is 65.2 Å². The normalized spacial score (nSPS) is 30.9. The molecule has 0 bridgehead atoms. The molecular formula is C22H36NO2+. The predicted octanol–water partition coefficient (Wildman–Crippen LogP) is 2.47. The Morgan fingerprint density at radius 3 is 2.72 bits per heavy atom. The number of hydrogen-bond acceptors (Lipinski definition) is 2. The van der Waals surface area contributed by atoms with Gasteiger partial charge in [-0.1, -0.05) is 51.5 Å². The summed E-state index contributed by atoms with van der Waals surface area (Å²) in [6, 6.07) is 8.72. The molecule has 1 aromatic carbocycles. The van der Waals surface area contributed by atoms with Crippen LogP contribution >= 0.6 is 0 Å². The lowest BCUT2D eigenvalue weighted by atomic mass is 9.75. The van der Waals surface area contributed by atoms with E-state index in [4.69, 9.17) is 4.74 Å². The highest BCUT2D eigenvalue weighted by Crippen LogP contribution is 2.35. The van der Waals surface area contributed by atoms with Gasteiger partial charge in [0.25, 0.3) is 0 Å². The molecule has 0 spiro atoms. The Kier molecular flexibility index (Phi) is 6.54. The monoisotopic (exact) mass is 346 g/mol. The second-order valence-corrected chi connectivity index (χ2v) is 8.75. The molecule has 0 amide bonds. The Labute approximate surface area is 153 Å². The van der Waals surface area contributed by atoms with Gasteiger partial charge in [-0.05, 0) is 36.2 Å². The third kappa shape index (κ3) is 5.06. The van der Waals surface area contributed by atoms with Crippen molar-refractivity contribution in [2.75, 3.05) is 19.7 Å². The van der Waals surface area contributed by atoms with E-state index in [1.807, 2.05) is 0 Å². The van der Waals surface area contributed by atoms with Crippen molar-refractivity contribution in [3.8, 4) is 0 Å². The first-order chi connectivity index (χ1) is 12.0. The SMILES string of the molecule is CC(C)[C@@H]1CC[C@H](C)C[C@H]1OC[C@H](O)C[NH+]1CCc2ccccc2C1. The molecule has 2 aliphatic rings. The number of nitrogens with one attached hydrogen (secondary N) is 1. The Hall–Kier alpha value is -0.900. The van der Waals surface area contributed by atoms with Gasteiger partial charge < -0.3 is 14.7 Å². The van der Waals surface area contributed by atoms with Gasteiger partial charge in [0.2, 0.25) is 0 Å². The second kappa shape index (κ2) is 8.66. The zero-order valence-corrected chi connectivity index (χ0v) is 16.2. The van der Waals surface area contributed by atoms with E-state index in [-0.39, 0.29) is 6.10 Å². The van der Waals surface area contributed by atoms with Gasteiger partial charge in [-0.25, -0.2) is 0 Å². The third-order valence-corrected chi connectivity index (χ3v) is 6.30. The van der Waals surface area contributed by atoms with Gasteiger partial charge >= 0.3 is 0 Å². The first-order valence-corrected chi connectivity index (χ1v) is 10.2. The Morgan fingerprint density at radius 2 is 1.96 bits per heavy atom. The van der Waals surface area contributed by atoms with Crippen LogP contribution in [0.25, 0.3) is 0 Å². The molecule has 0 radical (unpaired) electrons. The molecule has 2 N–H and O–H groups in total. The molecule has 3 rings (SSSR count). The van der Waals surface area contributed by atoms with Gasteiger partial charge in [0, 0.05) is 12.0 Å². The molecule has 1 aliphatic heterocycles. The van der Waals surface area contributed by atoms with E-state index >= 15 is 0 Å². The number of fused-ring (bicyclic) bond motifs is 1. The predicted molar refractivity (Wildman–Crippen MR) is 102 cm³/mol. The van der Waals surface area contributed by atoms with Crippen molar-refractivity contribution in [2.24, 2.45) is 17.8 Å². The highest BCUT2D eigenvalue weighted by atomic mass is 16.5. The summed E-state index contributed by atoms with van der Waals surface area (Å²) in [5.74, 6) is 2.07. The molecule has 140 valence electrons. The fourth-order valence-electron chi connectivity index (χ4n) is 4.75. The van der Waals surface area contributed by atoms with Gasteiger partial charge in [0.15, 0.2) is 0 Å². The van der Waals surface area contributed by atoms with E-state index in [9.17, 15) is 5.11 Å². The van der Waals surface area contributed by atoms with Crippen LogP contribution in [0.1, 0.15) is 51.2 Å². The fourth-order valence-corrected chi connectivity index (χ4v) is 4.75. The minimum absolute atomic E-state index is 0.329. The van der Waals surface area contributed by atoms with Gasteiger partial charge in [-0.3, -0.25) is 0 Å². The van der Waals surface area contributed by atoms with Crippen LogP contribution in [-0.2, 0) is 17.7 Å². The minimum atomic E-state index is -0.356. The summed E-state index contributed by atoms with van der Waals surface area (Å²) in [5, 5.41) is 10.5. The summed E-state index contributed by atoms with van der Waals surface area (Å²) in [4.78, 5) is 1.48. The van der Waals surface area contributed by atoms with E-state index in [0.29, 0.717) is 24.5 Å². The van der Waals surface area contributed by atoms with Gasteiger partial charge in [-0.2, -0.15) is 0 Å². The average molecular weight is 347 g/mol. The number of quaternary nitrogens is 1. The van der Waals surface area contributed by atoms with Crippen molar-refractivity contribution in [1.82, 2.24) is 0 Å².